The van der Waals surface area contributed by atoms with Gasteiger partial charge in [-0.05, 0) is 0 Å². The van der Waals surface area contributed by atoms with E-state index in [0.29, 0.717) is 5.21 Å². The Morgan fingerprint density at radius 3 is 1.20 bits per heavy atom. The first-order valence-corrected chi connectivity index (χ1v) is 2.00. The van der Waals surface area contributed by atoms with Crippen molar-refractivity contribution in [3.63, 3.8) is 0 Å². The maximum atomic E-state index is 2.19. The van der Waals surface area contributed by atoms with Crippen LogP contribution in [-0.2, 0) is 0 Å². The predicted molar refractivity (Wildman–Crippen MR) is 31.1 cm³/mol. The molecule has 0 rings (SSSR count). The van der Waals surface area contributed by atoms with Crippen molar-refractivity contribution in [1.29, 1.82) is 0 Å². The molecule has 0 saturated carbocycles. The van der Waals surface area contributed by atoms with Crippen molar-refractivity contribution in [2.45, 2.75) is 19.1 Å². The van der Waals surface area contributed by atoms with Crippen LogP contribution in [0.3, 0.4) is 0 Å². The number of hydrogen-bond acceptors (Lipinski definition) is 0. The third-order valence-corrected chi connectivity index (χ3v) is 0. The van der Waals surface area contributed by atoms with Crippen LogP contribution in [0.1, 0.15) is 13.8 Å². The zero-order valence-electron chi connectivity index (χ0n) is 4.50. The predicted octanol–water partition coefficient (Wildman–Crippen LogP) is -0.591. The first kappa shape index (κ1) is 5.13. The maximum absolute atomic E-state index is 2.19. The van der Waals surface area contributed by atoms with Crippen molar-refractivity contribution in [2.24, 2.45) is 0 Å². The Bertz CT molecular complexity index is 20.4. The molecule has 0 amide bonds. The summed E-state index contributed by atoms with van der Waals surface area (Å²) in [5.74, 6) is 0. The van der Waals surface area contributed by atoms with Crippen LogP contribution in [-0.4, -0.2) is 15.7 Å². The van der Waals surface area contributed by atoms with Gasteiger partial charge in [-0.2, -0.15) is 0 Å². The van der Waals surface area contributed by atoms with E-state index in [1.807, 2.05) is 0 Å². The lowest BCUT2D eigenvalue weighted by Gasteiger charge is -2.04. The summed E-state index contributed by atoms with van der Waals surface area (Å²) in [4.78, 5) is 0. The van der Waals surface area contributed by atoms with Crippen LogP contribution in [0.2, 0.25) is 5.21 Å². The molecule has 28 valence electrons. The molecule has 0 N–H and O–H groups in total. The highest BCUT2D eigenvalue weighted by molar-refractivity contribution is 6.39. The molecule has 2 heteroatoms. The molecular formula is C3H10B2. The second-order valence-corrected chi connectivity index (χ2v) is 3.00. The van der Waals surface area contributed by atoms with Crippen molar-refractivity contribution in [2.75, 3.05) is 0 Å². The van der Waals surface area contributed by atoms with E-state index in [1.165, 1.54) is 0 Å². The summed E-state index contributed by atoms with van der Waals surface area (Å²) in [5, 5.41) is 0.500. The van der Waals surface area contributed by atoms with Gasteiger partial charge in [0.1, 0.15) is 0 Å². The Balaban J connectivity index is 3.02. The molecule has 0 bridgehead atoms. The fourth-order valence-corrected chi connectivity index (χ4v) is 0. The molecule has 0 unspecified atom stereocenters. The van der Waals surface area contributed by atoms with Gasteiger partial charge >= 0.3 is 0 Å². The summed E-state index contributed by atoms with van der Waals surface area (Å²) in [6, 6.07) is 0. The first-order chi connectivity index (χ1) is 2.00. The Labute approximate surface area is 35.8 Å². The molecule has 0 atom stereocenters. The van der Waals surface area contributed by atoms with Gasteiger partial charge in [0.2, 0.25) is 0 Å². The third kappa shape index (κ3) is 1110. The van der Waals surface area contributed by atoms with Gasteiger partial charge in [0.05, 0.1) is 15.7 Å². The number of hydrogen-bond donors (Lipinski definition) is 0. The van der Waals surface area contributed by atoms with Gasteiger partial charge in [-0.3, -0.25) is 0 Å². The smallest absolute Gasteiger partial charge is 0.0899 e. The summed E-state index contributed by atoms with van der Waals surface area (Å²) in [7, 11) is 4.38. The average Bonchev–Trinajstić information content (AvgIpc) is 0.722. The topological polar surface area (TPSA) is 0 Å². The molecular weight excluding hydrogens is 57.7 g/mol. The van der Waals surface area contributed by atoms with Gasteiger partial charge < -0.3 is 0 Å². The highest BCUT2D eigenvalue weighted by Crippen LogP contribution is 2.07. The van der Waals surface area contributed by atoms with Gasteiger partial charge in [0.25, 0.3) is 0 Å². The zero-order chi connectivity index (χ0) is 4.50. The lowest BCUT2D eigenvalue weighted by Crippen LogP contribution is -1.98. The fraction of sp³-hybridized carbons (Fsp3) is 1.00. The minimum atomic E-state index is 0.500. The van der Waals surface area contributed by atoms with Crippen LogP contribution < -0.4 is 0 Å². The SMILES string of the molecule is BC(B)(C)C. The molecule has 5 heavy (non-hydrogen) atoms. The van der Waals surface area contributed by atoms with Crippen LogP contribution in [0.5, 0.6) is 0 Å². The first-order valence-electron chi connectivity index (χ1n) is 2.00. The summed E-state index contributed by atoms with van der Waals surface area (Å²) in [6.07, 6.45) is 0. The van der Waals surface area contributed by atoms with Crippen molar-refractivity contribution in [3.8, 4) is 0 Å². The van der Waals surface area contributed by atoms with Crippen molar-refractivity contribution >= 4 is 15.7 Å². The highest BCUT2D eigenvalue weighted by atomic mass is 13.8. The average molecular weight is 67.7 g/mol. The Morgan fingerprint density at radius 2 is 1.20 bits per heavy atom. The molecule has 0 aliphatic carbocycles. The van der Waals surface area contributed by atoms with Crippen LogP contribution in [0, 0.1) is 0 Å². The Morgan fingerprint density at radius 1 is 1.20 bits per heavy atom. The normalized spacial score (nSPS) is 11.6. The quantitative estimate of drug-likeness (QED) is 0.332. The van der Waals surface area contributed by atoms with E-state index >= 15 is 0 Å². The molecule has 0 radical (unpaired) electrons. The van der Waals surface area contributed by atoms with Crippen molar-refractivity contribution < 1.29 is 0 Å². The molecule has 0 saturated heterocycles. The Kier molecular flexibility index (Phi) is 1.10. The summed E-state index contributed by atoms with van der Waals surface area (Å²) >= 11 is 0. The Hall–Kier alpha value is 0.130. The van der Waals surface area contributed by atoms with E-state index in [9.17, 15) is 0 Å². The van der Waals surface area contributed by atoms with Crippen LogP contribution >= 0.6 is 0 Å². The summed E-state index contributed by atoms with van der Waals surface area (Å²) in [6.45, 7) is 4.38. The minimum Gasteiger partial charge on any atom is -0.0899 e. The van der Waals surface area contributed by atoms with E-state index in [1.54, 1.807) is 0 Å². The maximum Gasteiger partial charge on any atom is 0.0985 e. The molecule has 0 aliphatic heterocycles. The van der Waals surface area contributed by atoms with Gasteiger partial charge in [0, 0.05) is 0 Å². The van der Waals surface area contributed by atoms with Crippen LogP contribution in [0.4, 0.5) is 0 Å². The van der Waals surface area contributed by atoms with Crippen molar-refractivity contribution in [3.05, 3.63) is 0 Å². The lowest BCUT2D eigenvalue weighted by atomic mass is 9.58. The molecule has 0 heterocycles. The number of rotatable bonds is 0. The fourth-order valence-electron chi connectivity index (χ4n) is 0. The largest absolute Gasteiger partial charge is 0.0985 e. The van der Waals surface area contributed by atoms with E-state index in [0.717, 1.165) is 0 Å². The summed E-state index contributed by atoms with van der Waals surface area (Å²) in [5.41, 5.74) is 0. The molecule has 0 aromatic carbocycles. The van der Waals surface area contributed by atoms with E-state index in [2.05, 4.69) is 29.5 Å². The second kappa shape index (κ2) is 1.08. The van der Waals surface area contributed by atoms with Crippen LogP contribution in [0.25, 0.3) is 0 Å². The second-order valence-electron chi connectivity index (χ2n) is 3.00. The summed E-state index contributed by atoms with van der Waals surface area (Å²) < 4.78 is 0. The molecule has 0 aromatic rings. The lowest BCUT2D eigenvalue weighted by molar-refractivity contribution is 0.971. The van der Waals surface area contributed by atoms with Crippen LogP contribution in [0.15, 0.2) is 0 Å². The highest BCUT2D eigenvalue weighted by Gasteiger charge is 1.97. The monoisotopic (exact) mass is 68.1 g/mol. The van der Waals surface area contributed by atoms with Crippen molar-refractivity contribution in [1.82, 2.24) is 0 Å². The molecule has 0 aliphatic rings. The van der Waals surface area contributed by atoms with E-state index in [-0.39, 0.29) is 0 Å². The van der Waals surface area contributed by atoms with Gasteiger partial charge in [-0.15, -0.1) is 0 Å². The van der Waals surface area contributed by atoms with E-state index < -0.39 is 0 Å². The molecule has 0 aromatic heterocycles. The zero-order valence-corrected chi connectivity index (χ0v) is 4.50. The van der Waals surface area contributed by atoms with Gasteiger partial charge in [-0.25, -0.2) is 0 Å². The molecule has 0 fully saturated rings. The van der Waals surface area contributed by atoms with Gasteiger partial charge in [0.15, 0.2) is 0 Å². The van der Waals surface area contributed by atoms with E-state index in [4.69, 9.17) is 0 Å². The molecule has 0 spiro atoms. The standard InChI is InChI=1S/C3H10B2/c1-3(2,4)5/h4-5H2,1-2H3. The molecule has 0 nitrogen and oxygen atoms in total. The minimum absolute atomic E-state index is 0.500. The van der Waals surface area contributed by atoms with Gasteiger partial charge in [-0.1, -0.05) is 19.1 Å². The third-order valence-electron chi connectivity index (χ3n) is 0.